The molecule has 1 aromatic carbocycles. The third kappa shape index (κ3) is 2.75. The Morgan fingerprint density at radius 1 is 1.21 bits per heavy atom. The minimum absolute atomic E-state index is 0.676. The van der Waals surface area contributed by atoms with Gasteiger partial charge in [0.1, 0.15) is 5.52 Å². The molecule has 0 fully saturated rings. The van der Waals surface area contributed by atoms with E-state index < -0.39 is 0 Å². The second-order valence-corrected chi connectivity index (χ2v) is 4.36. The van der Waals surface area contributed by atoms with Gasteiger partial charge in [0.2, 0.25) is 0 Å². The molecular weight excluding hydrogens is 242 g/mol. The van der Waals surface area contributed by atoms with E-state index in [1.807, 2.05) is 26.8 Å². The van der Waals surface area contributed by atoms with Crippen molar-refractivity contribution in [2.45, 2.75) is 33.6 Å². The number of aryl methyl sites for hydroxylation is 1. The second kappa shape index (κ2) is 5.82. The van der Waals surface area contributed by atoms with E-state index in [-0.39, 0.29) is 0 Å². The Labute approximate surface area is 112 Å². The van der Waals surface area contributed by atoms with Crippen LogP contribution in [-0.4, -0.2) is 23.1 Å². The lowest BCUT2D eigenvalue weighted by Gasteiger charge is -2.09. The molecule has 0 saturated heterocycles. The van der Waals surface area contributed by atoms with Crippen LogP contribution in [0.1, 0.15) is 30.9 Å². The van der Waals surface area contributed by atoms with Crippen LogP contribution in [0.25, 0.3) is 11.1 Å². The molecule has 1 aromatic heterocycles. The SMILES string of the molecule is CC.Cc1nc2cc3c(cc2o1)CCN(N=O)CC3. The lowest BCUT2D eigenvalue weighted by molar-refractivity contribution is 0.299. The van der Waals surface area contributed by atoms with Crippen molar-refractivity contribution in [2.75, 3.05) is 13.1 Å². The number of hydrogen-bond donors (Lipinski definition) is 0. The summed E-state index contributed by atoms with van der Waals surface area (Å²) in [6, 6.07) is 4.11. The molecule has 0 amide bonds. The van der Waals surface area contributed by atoms with Crippen molar-refractivity contribution in [3.63, 3.8) is 0 Å². The van der Waals surface area contributed by atoms with Gasteiger partial charge in [0.15, 0.2) is 11.5 Å². The van der Waals surface area contributed by atoms with Gasteiger partial charge in [-0.1, -0.05) is 13.8 Å². The summed E-state index contributed by atoms with van der Waals surface area (Å²) in [5, 5.41) is 4.58. The molecule has 102 valence electrons. The Hall–Kier alpha value is -1.91. The minimum Gasteiger partial charge on any atom is -0.441 e. The molecule has 0 radical (unpaired) electrons. The molecule has 0 N–H and O–H groups in total. The zero-order valence-corrected chi connectivity index (χ0v) is 11.6. The molecule has 3 rings (SSSR count). The van der Waals surface area contributed by atoms with Crippen LogP contribution in [0.5, 0.6) is 0 Å². The number of nitroso groups, excluding NO2 is 1. The predicted molar refractivity (Wildman–Crippen MR) is 74.9 cm³/mol. The van der Waals surface area contributed by atoms with Gasteiger partial charge < -0.3 is 4.42 Å². The third-order valence-corrected chi connectivity index (χ3v) is 3.21. The van der Waals surface area contributed by atoms with Crippen LogP contribution >= 0.6 is 0 Å². The average molecular weight is 261 g/mol. The predicted octanol–water partition coefficient (Wildman–Crippen LogP) is 3.24. The number of aromatic nitrogens is 1. The van der Waals surface area contributed by atoms with Gasteiger partial charge in [-0.25, -0.2) is 4.98 Å². The van der Waals surface area contributed by atoms with Crippen LogP contribution < -0.4 is 0 Å². The van der Waals surface area contributed by atoms with Crippen molar-refractivity contribution in [1.82, 2.24) is 9.99 Å². The smallest absolute Gasteiger partial charge is 0.192 e. The molecule has 19 heavy (non-hydrogen) atoms. The monoisotopic (exact) mass is 261 g/mol. The van der Waals surface area contributed by atoms with E-state index in [1.54, 1.807) is 5.01 Å². The molecule has 0 aliphatic carbocycles. The Morgan fingerprint density at radius 3 is 2.47 bits per heavy atom. The summed E-state index contributed by atoms with van der Waals surface area (Å²) in [5.41, 5.74) is 4.21. The molecule has 2 aromatic rings. The highest BCUT2D eigenvalue weighted by molar-refractivity contribution is 5.75. The molecule has 0 spiro atoms. The number of fused-ring (bicyclic) bond motifs is 2. The number of rotatable bonds is 1. The molecular formula is C14H19N3O2. The molecule has 5 heteroatoms. The van der Waals surface area contributed by atoms with E-state index in [0.717, 1.165) is 23.9 Å². The van der Waals surface area contributed by atoms with Crippen molar-refractivity contribution < 1.29 is 4.42 Å². The summed E-state index contributed by atoms with van der Waals surface area (Å²) >= 11 is 0. The van der Waals surface area contributed by atoms with Gasteiger partial charge in [0.25, 0.3) is 0 Å². The van der Waals surface area contributed by atoms with E-state index in [1.165, 1.54) is 11.1 Å². The van der Waals surface area contributed by atoms with Gasteiger partial charge in [-0.3, -0.25) is 5.01 Å². The Morgan fingerprint density at radius 2 is 1.84 bits per heavy atom. The third-order valence-electron chi connectivity index (χ3n) is 3.21. The maximum atomic E-state index is 10.5. The fraction of sp³-hybridized carbons (Fsp3) is 0.500. The maximum absolute atomic E-state index is 10.5. The average Bonchev–Trinajstić information content (AvgIpc) is 2.67. The molecule has 1 aliphatic heterocycles. The van der Waals surface area contributed by atoms with Crippen molar-refractivity contribution in [3.05, 3.63) is 34.1 Å². The highest BCUT2D eigenvalue weighted by atomic mass is 16.3. The van der Waals surface area contributed by atoms with Gasteiger partial charge >= 0.3 is 0 Å². The quantitative estimate of drug-likeness (QED) is 0.739. The Kier molecular flexibility index (Phi) is 4.14. The van der Waals surface area contributed by atoms with Gasteiger partial charge in [-0.15, -0.1) is 4.91 Å². The first kappa shape index (κ1) is 13.5. The van der Waals surface area contributed by atoms with Crippen LogP contribution in [0.2, 0.25) is 0 Å². The fourth-order valence-electron chi connectivity index (χ4n) is 2.33. The first-order valence-electron chi connectivity index (χ1n) is 6.73. The molecule has 0 bridgehead atoms. The number of oxazole rings is 1. The Balaban J connectivity index is 0.000000637. The number of benzene rings is 1. The number of nitrogens with zero attached hydrogens (tertiary/aromatic N) is 3. The lowest BCUT2D eigenvalue weighted by Crippen LogP contribution is -2.19. The molecule has 0 atom stereocenters. The van der Waals surface area contributed by atoms with Crippen molar-refractivity contribution in [3.8, 4) is 0 Å². The van der Waals surface area contributed by atoms with Gasteiger partial charge in [0, 0.05) is 20.0 Å². The van der Waals surface area contributed by atoms with Crippen molar-refractivity contribution >= 4 is 11.1 Å². The van der Waals surface area contributed by atoms with E-state index in [2.05, 4.69) is 16.3 Å². The topological polar surface area (TPSA) is 58.7 Å². The lowest BCUT2D eigenvalue weighted by atomic mass is 10.0. The molecule has 0 unspecified atom stereocenters. The first-order chi connectivity index (χ1) is 9.26. The number of hydrogen-bond acceptors (Lipinski definition) is 4. The molecule has 1 aliphatic rings. The van der Waals surface area contributed by atoms with Gasteiger partial charge in [0.05, 0.1) is 5.29 Å². The van der Waals surface area contributed by atoms with E-state index in [4.69, 9.17) is 4.42 Å². The Bertz CT molecular complexity index is 532. The summed E-state index contributed by atoms with van der Waals surface area (Å²) < 4.78 is 5.52. The summed E-state index contributed by atoms with van der Waals surface area (Å²) in [4.78, 5) is 14.9. The summed E-state index contributed by atoms with van der Waals surface area (Å²) in [7, 11) is 0. The second-order valence-electron chi connectivity index (χ2n) is 4.36. The van der Waals surface area contributed by atoms with Gasteiger partial charge in [-0.2, -0.15) is 0 Å². The van der Waals surface area contributed by atoms with E-state index >= 15 is 0 Å². The van der Waals surface area contributed by atoms with E-state index in [0.29, 0.717) is 19.0 Å². The van der Waals surface area contributed by atoms with Crippen LogP contribution in [0.4, 0.5) is 0 Å². The zero-order chi connectivity index (χ0) is 13.8. The molecule has 2 heterocycles. The summed E-state index contributed by atoms with van der Waals surface area (Å²) in [5.74, 6) is 0.691. The van der Waals surface area contributed by atoms with E-state index in [9.17, 15) is 4.91 Å². The van der Waals surface area contributed by atoms with Crippen LogP contribution in [0.15, 0.2) is 21.8 Å². The normalized spacial score (nSPS) is 14.4. The standard InChI is InChI=1S/C12H13N3O2.C2H6/c1-8-13-11-6-9-2-4-15(14-16)5-3-10(9)7-12(11)17-8;1-2/h6-7H,2-5H2,1H3;1-2H3. The summed E-state index contributed by atoms with van der Waals surface area (Å²) in [6.45, 7) is 7.21. The zero-order valence-electron chi connectivity index (χ0n) is 11.6. The van der Waals surface area contributed by atoms with Crippen molar-refractivity contribution in [2.24, 2.45) is 5.29 Å². The summed E-state index contributed by atoms with van der Waals surface area (Å²) in [6.07, 6.45) is 1.67. The van der Waals surface area contributed by atoms with Crippen LogP contribution in [0, 0.1) is 11.8 Å². The highest BCUT2D eigenvalue weighted by Gasteiger charge is 2.15. The van der Waals surface area contributed by atoms with Crippen LogP contribution in [0.3, 0.4) is 0 Å². The fourth-order valence-corrected chi connectivity index (χ4v) is 2.33. The molecule has 5 nitrogen and oxygen atoms in total. The minimum atomic E-state index is 0.676. The maximum Gasteiger partial charge on any atom is 0.192 e. The van der Waals surface area contributed by atoms with Crippen LogP contribution in [-0.2, 0) is 12.8 Å². The van der Waals surface area contributed by atoms with Crippen molar-refractivity contribution in [1.29, 1.82) is 0 Å². The highest BCUT2D eigenvalue weighted by Crippen LogP contribution is 2.24. The van der Waals surface area contributed by atoms with Gasteiger partial charge in [-0.05, 0) is 36.1 Å². The first-order valence-corrected chi connectivity index (χ1v) is 6.73. The largest absolute Gasteiger partial charge is 0.441 e. The molecule has 0 saturated carbocycles.